The normalized spacial score (nSPS) is 16.5. The van der Waals surface area contributed by atoms with Crippen molar-refractivity contribution in [1.82, 2.24) is 9.88 Å². The van der Waals surface area contributed by atoms with Gasteiger partial charge in [-0.1, -0.05) is 42.5 Å². The summed E-state index contributed by atoms with van der Waals surface area (Å²) in [6, 6.07) is 24.3. The third-order valence-electron chi connectivity index (χ3n) is 5.83. The zero-order valence-electron chi connectivity index (χ0n) is 16.1. The second kappa shape index (κ2) is 7.46. The lowest BCUT2D eigenvalue weighted by atomic mass is 9.99. The van der Waals surface area contributed by atoms with Crippen LogP contribution in [0.3, 0.4) is 0 Å². The Balaban J connectivity index is 1.48. The van der Waals surface area contributed by atoms with Crippen LogP contribution in [0.5, 0.6) is 0 Å². The molecule has 2 aromatic heterocycles. The molecule has 3 heterocycles. The van der Waals surface area contributed by atoms with Gasteiger partial charge in [0, 0.05) is 58.9 Å². The number of rotatable bonds is 4. The van der Waals surface area contributed by atoms with Gasteiger partial charge in [-0.2, -0.15) is 0 Å². The van der Waals surface area contributed by atoms with Crippen LogP contribution in [0.4, 0.5) is 5.69 Å². The number of para-hydroxylation sites is 2. The summed E-state index contributed by atoms with van der Waals surface area (Å²) in [6.45, 7) is 6.48. The summed E-state index contributed by atoms with van der Waals surface area (Å²) >= 11 is 1.87. The highest BCUT2D eigenvalue weighted by molar-refractivity contribution is 7.10. The maximum atomic E-state index is 3.61. The number of nitrogens with one attached hydrogen (secondary N) is 1. The number of nitrogens with zero attached hydrogens (tertiary/aromatic N) is 2. The van der Waals surface area contributed by atoms with Gasteiger partial charge in [-0.25, -0.2) is 0 Å². The summed E-state index contributed by atoms with van der Waals surface area (Å²) in [7, 11) is 0. The van der Waals surface area contributed by atoms with Crippen molar-refractivity contribution in [3.63, 3.8) is 0 Å². The number of thiophene rings is 1. The Morgan fingerprint density at radius 3 is 2.36 bits per heavy atom. The van der Waals surface area contributed by atoms with E-state index in [-0.39, 0.29) is 0 Å². The molecule has 1 N–H and O–H groups in total. The van der Waals surface area contributed by atoms with Gasteiger partial charge >= 0.3 is 0 Å². The molecule has 1 aliphatic rings. The van der Waals surface area contributed by atoms with Crippen LogP contribution >= 0.6 is 11.3 Å². The van der Waals surface area contributed by atoms with Gasteiger partial charge in [-0.3, -0.25) is 4.90 Å². The lowest BCUT2D eigenvalue weighted by Gasteiger charge is -2.40. The summed E-state index contributed by atoms with van der Waals surface area (Å²) in [5.41, 5.74) is 5.29. The molecular formula is C24H25N3S. The van der Waals surface area contributed by atoms with E-state index in [2.05, 4.69) is 93.8 Å². The van der Waals surface area contributed by atoms with E-state index in [4.69, 9.17) is 0 Å². The predicted octanol–water partition coefficient (Wildman–Crippen LogP) is 5.45. The third kappa shape index (κ3) is 3.13. The van der Waals surface area contributed by atoms with Gasteiger partial charge < -0.3 is 9.88 Å². The minimum absolute atomic E-state index is 0.314. The van der Waals surface area contributed by atoms with Gasteiger partial charge in [0.25, 0.3) is 0 Å². The van der Waals surface area contributed by atoms with E-state index in [0.717, 1.165) is 26.2 Å². The van der Waals surface area contributed by atoms with Crippen molar-refractivity contribution in [1.29, 1.82) is 0 Å². The van der Waals surface area contributed by atoms with Crippen LogP contribution in [0.1, 0.15) is 22.2 Å². The van der Waals surface area contributed by atoms with E-state index in [0.29, 0.717) is 6.04 Å². The van der Waals surface area contributed by atoms with E-state index >= 15 is 0 Å². The summed E-state index contributed by atoms with van der Waals surface area (Å²) in [5.74, 6) is 0. The van der Waals surface area contributed by atoms with Gasteiger partial charge in [0.15, 0.2) is 0 Å². The van der Waals surface area contributed by atoms with Crippen LogP contribution in [0, 0.1) is 6.92 Å². The Morgan fingerprint density at radius 1 is 0.857 bits per heavy atom. The maximum absolute atomic E-state index is 3.61. The monoisotopic (exact) mass is 387 g/mol. The maximum Gasteiger partial charge on any atom is 0.0720 e. The highest BCUT2D eigenvalue weighted by atomic mass is 32.1. The standard InChI is InChI=1S/C24H25N3S/c1-18-23(20-10-5-6-11-21(20)25-18)24(22-12-7-17-28-22)27-15-13-26(14-16-27)19-8-3-2-4-9-19/h2-12,17,24-25H,13-16H2,1H3/t24-/m1/s1. The quantitative estimate of drug-likeness (QED) is 0.503. The molecule has 0 aliphatic carbocycles. The van der Waals surface area contributed by atoms with Crippen molar-refractivity contribution < 1.29 is 0 Å². The largest absolute Gasteiger partial charge is 0.369 e. The summed E-state index contributed by atoms with van der Waals surface area (Å²) < 4.78 is 0. The first kappa shape index (κ1) is 17.5. The van der Waals surface area contributed by atoms with E-state index in [1.165, 1.54) is 32.7 Å². The molecule has 3 nitrogen and oxygen atoms in total. The number of H-pyrrole nitrogens is 1. The minimum atomic E-state index is 0.314. The van der Waals surface area contributed by atoms with Crippen LogP contribution in [-0.2, 0) is 0 Å². The number of benzene rings is 2. The Kier molecular flexibility index (Phi) is 4.67. The molecule has 1 atom stereocenters. The Morgan fingerprint density at radius 2 is 1.61 bits per heavy atom. The molecule has 5 rings (SSSR count). The summed E-state index contributed by atoms with van der Waals surface area (Å²) in [5, 5.41) is 3.55. The molecule has 4 heteroatoms. The molecule has 28 heavy (non-hydrogen) atoms. The van der Waals surface area contributed by atoms with Crippen LogP contribution in [0.15, 0.2) is 72.1 Å². The molecule has 1 fully saturated rings. The van der Waals surface area contributed by atoms with Crippen molar-refractivity contribution in [2.75, 3.05) is 31.1 Å². The number of piperazine rings is 1. The zero-order valence-corrected chi connectivity index (χ0v) is 17.0. The second-order valence-electron chi connectivity index (χ2n) is 7.49. The van der Waals surface area contributed by atoms with Crippen molar-refractivity contribution in [3.05, 3.63) is 88.2 Å². The number of hydrogen-bond acceptors (Lipinski definition) is 3. The van der Waals surface area contributed by atoms with Gasteiger partial charge in [-0.15, -0.1) is 11.3 Å². The van der Waals surface area contributed by atoms with E-state index in [9.17, 15) is 0 Å². The van der Waals surface area contributed by atoms with Crippen molar-refractivity contribution in [2.45, 2.75) is 13.0 Å². The van der Waals surface area contributed by atoms with Crippen LogP contribution in [0.25, 0.3) is 10.9 Å². The molecule has 0 spiro atoms. The summed E-state index contributed by atoms with van der Waals surface area (Å²) in [4.78, 5) is 10.2. The molecule has 1 saturated heterocycles. The zero-order chi connectivity index (χ0) is 18.9. The fraction of sp³-hybridized carbons (Fsp3) is 0.250. The molecule has 4 aromatic rings. The van der Waals surface area contributed by atoms with Crippen LogP contribution in [0.2, 0.25) is 0 Å². The molecule has 0 amide bonds. The Hall–Kier alpha value is -2.56. The van der Waals surface area contributed by atoms with Crippen LogP contribution < -0.4 is 4.90 Å². The van der Waals surface area contributed by atoms with E-state index < -0.39 is 0 Å². The molecule has 142 valence electrons. The van der Waals surface area contributed by atoms with E-state index in [1.54, 1.807) is 0 Å². The van der Waals surface area contributed by atoms with Crippen molar-refractivity contribution >= 4 is 27.9 Å². The lowest BCUT2D eigenvalue weighted by molar-refractivity contribution is 0.215. The first-order valence-electron chi connectivity index (χ1n) is 9.96. The number of fused-ring (bicyclic) bond motifs is 1. The fourth-order valence-electron chi connectivity index (χ4n) is 4.48. The number of aromatic nitrogens is 1. The van der Waals surface area contributed by atoms with Gasteiger partial charge in [0.05, 0.1) is 6.04 Å². The number of anilines is 1. The molecule has 2 aromatic carbocycles. The van der Waals surface area contributed by atoms with Gasteiger partial charge in [0.1, 0.15) is 0 Å². The summed E-state index contributed by atoms with van der Waals surface area (Å²) in [6.07, 6.45) is 0. The minimum Gasteiger partial charge on any atom is -0.369 e. The highest BCUT2D eigenvalue weighted by Gasteiger charge is 2.30. The topological polar surface area (TPSA) is 22.3 Å². The van der Waals surface area contributed by atoms with Crippen molar-refractivity contribution in [3.8, 4) is 0 Å². The first-order chi connectivity index (χ1) is 13.8. The van der Waals surface area contributed by atoms with E-state index in [1.807, 2.05) is 11.3 Å². The number of aryl methyl sites for hydroxylation is 1. The molecule has 0 bridgehead atoms. The Bertz CT molecular complexity index is 1040. The predicted molar refractivity (Wildman–Crippen MR) is 119 cm³/mol. The molecule has 0 unspecified atom stereocenters. The second-order valence-corrected chi connectivity index (χ2v) is 8.47. The number of hydrogen-bond donors (Lipinski definition) is 1. The van der Waals surface area contributed by atoms with Crippen LogP contribution in [-0.4, -0.2) is 36.1 Å². The highest BCUT2D eigenvalue weighted by Crippen LogP contribution is 2.38. The molecule has 1 aliphatic heterocycles. The SMILES string of the molecule is Cc1[nH]c2ccccc2c1[C@@H](c1cccs1)N1CCN(c2ccccc2)CC1. The number of aromatic amines is 1. The smallest absolute Gasteiger partial charge is 0.0720 e. The van der Waals surface area contributed by atoms with Crippen molar-refractivity contribution in [2.24, 2.45) is 0 Å². The lowest BCUT2D eigenvalue weighted by Crippen LogP contribution is -2.47. The van der Waals surface area contributed by atoms with Gasteiger partial charge in [0.2, 0.25) is 0 Å². The Labute approximate surface area is 170 Å². The first-order valence-corrected chi connectivity index (χ1v) is 10.8. The molecular weight excluding hydrogens is 362 g/mol. The average Bonchev–Trinajstić information content (AvgIpc) is 3.38. The van der Waals surface area contributed by atoms with Gasteiger partial charge in [-0.05, 0) is 36.6 Å². The third-order valence-corrected chi connectivity index (χ3v) is 6.76. The average molecular weight is 388 g/mol. The molecule has 0 radical (unpaired) electrons. The molecule has 0 saturated carbocycles. The fourth-order valence-corrected chi connectivity index (χ4v) is 5.35.